The molecule has 0 N–H and O–H groups in total. The summed E-state index contributed by atoms with van der Waals surface area (Å²) in [6, 6.07) is 1.20. The van der Waals surface area contributed by atoms with E-state index < -0.39 is 0 Å². The molecule has 3 unspecified atom stereocenters. The van der Waals surface area contributed by atoms with E-state index in [1.807, 2.05) is 0 Å². The first-order chi connectivity index (χ1) is 5.29. The maximum atomic E-state index is 6.06. The van der Waals surface area contributed by atoms with E-state index in [0.29, 0.717) is 12.1 Å². The molecule has 11 heavy (non-hydrogen) atoms. The highest BCUT2D eigenvalue weighted by molar-refractivity contribution is 6.20. The molecule has 2 nitrogen and oxygen atoms in total. The van der Waals surface area contributed by atoms with Crippen molar-refractivity contribution in [3.63, 3.8) is 0 Å². The fourth-order valence-electron chi connectivity index (χ4n) is 2.24. The fourth-order valence-corrected chi connectivity index (χ4v) is 2.56. The van der Waals surface area contributed by atoms with Gasteiger partial charge in [-0.3, -0.25) is 4.90 Å². The van der Waals surface area contributed by atoms with Gasteiger partial charge in [0.2, 0.25) is 0 Å². The molecule has 2 rings (SSSR count). The average molecular weight is 176 g/mol. The van der Waals surface area contributed by atoms with Gasteiger partial charge in [0.05, 0.1) is 18.7 Å². The van der Waals surface area contributed by atoms with Crippen LogP contribution in [-0.4, -0.2) is 35.7 Å². The second kappa shape index (κ2) is 2.92. The van der Waals surface area contributed by atoms with Crippen LogP contribution >= 0.6 is 11.6 Å². The maximum Gasteiger partial charge on any atom is 0.0828 e. The monoisotopic (exact) mass is 175 g/mol. The number of ether oxygens (including phenoxy) is 1. The Balaban J connectivity index is 2.09. The Bertz CT molecular complexity index is 135. The van der Waals surface area contributed by atoms with Crippen molar-refractivity contribution in [2.75, 3.05) is 13.2 Å². The van der Waals surface area contributed by atoms with Gasteiger partial charge in [-0.2, -0.15) is 0 Å². The van der Waals surface area contributed by atoms with E-state index in [2.05, 4.69) is 11.8 Å². The Morgan fingerprint density at radius 2 is 1.91 bits per heavy atom. The summed E-state index contributed by atoms with van der Waals surface area (Å²) in [6.07, 6.45) is 2.53. The summed E-state index contributed by atoms with van der Waals surface area (Å²) in [6.45, 7) is 3.82. The largest absolute Gasteiger partial charge is 0.378 e. The number of morpholine rings is 1. The van der Waals surface area contributed by atoms with E-state index in [0.717, 1.165) is 13.2 Å². The maximum absolute atomic E-state index is 6.06. The summed E-state index contributed by atoms with van der Waals surface area (Å²) in [7, 11) is 0. The lowest BCUT2D eigenvalue weighted by molar-refractivity contribution is -0.0187. The van der Waals surface area contributed by atoms with E-state index in [4.69, 9.17) is 16.3 Å². The molecule has 64 valence electrons. The van der Waals surface area contributed by atoms with Crippen LogP contribution in [0.4, 0.5) is 0 Å². The summed E-state index contributed by atoms with van der Waals surface area (Å²) in [4.78, 5) is 2.39. The lowest BCUT2D eigenvalue weighted by Gasteiger charge is -2.36. The molecule has 3 heteroatoms. The lowest BCUT2D eigenvalue weighted by Crippen LogP contribution is -2.48. The zero-order chi connectivity index (χ0) is 7.84. The van der Waals surface area contributed by atoms with Crippen LogP contribution in [-0.2, 0) is 4.74 Å². The molecule has 0 aliphatic carbocycles. The Morgan fingerprint density at radius 3 is 2.27 bits per heavy atom. The van der Waals surface area contributed by atoms with Crippen LogP contribution < -0.4 is 0 Å². The molecule has 0 aromatic heterocycles. The first-order valence-corrected chi connectivity index (χ1v) is 4.72. The molecule has 0 aromatic rings. The van der Waals surface area contributed by atoms with Gasteiger partial charge in [0.15, 0.2) is 0 Å². The van der Waals surface area contributed by atoms with Crippen molar-refractivity contribution in [1.29, 1.82) is 0 Å². The molecule has 0 aromatic carbocycles. The number of rotatable bonds is 1. The smallest absolute Gasteiger partial charge is 0.0828 e. The van der Waals surface area contributed by atoms with Gasteiger partial charge in [-0.1, -0.05) is 0 Å². The zero-order valence-electron chi connectivity index (χ0n) is 6.79. The minimum absolute atomic E-state index is 0.177. The van der Waals surface area contributed by atoms with Crippen molar-refractivity contribution >= 4 is 11.6 Å². The average Bonchev–Trinajstić information content (AvgIpc) is 2.23. The van der Waals surface area contributed by atoms with Crippen molar-refractivity contribution < 1.29 is 4.74 Å². The standard InChI is InChI=1S/C8H14ClNO/c1-6(9)10-7-2-3-8(10)5-11-4-7/h6-8H,2-5H2,1H3. The third kappa shape index (κ3) is 1.28. The summed E-state index contributed by atoms with van der Waals surface area (Å²) < 4.78 is 5.44. The van der Waals surface area contributed by atoms with Crippen LogP contribution in [0, 0.1) is 0 Å². The molecule has 2 aliphatic heterocycles. The van der Waals surface area contributed by atoms with Crippen LogP contribution in [0.5, 0.6) is 0 Å². The molecular formula is C8H14ClNO. The molecule has 2 bridgehead atoms. The number of halogens is 1. The first-order valence-electron chi connectivity index (χ1n) is 4.28. The number of hydrogen-bond acceptors (Lipinski definition) is 2. The number of fused-ring (bicyclic) bond motifs is 2. The Hall–Kier alpha value is 0.210. The second-order valence-electron chi connectivity index (χ2n) is 3.44. The van der Waals surface area contributed by atoms with Crippen LogP contribution in [0.3, 0.4) is 0 Å². The van der Waals surface area contributed by atoms with E-state index >= 15 is 0 Å². The molecule has 2 saturated heterocycles. The molecule has 0 amide bonds. The van der Waals surface area contributed by atoms with Crippen molar-refractivity contribution in [2.45, 2.75) is 37.4 Å². The van der Waals surface area contributed by atoms with E-state index in [1.54, 1.807) is 0 Å². The van der Waals surface area contributed by atoms with Gasteiger partial charge in [0.25, 0.3) is 0 Å². The lowest BCUT2D eigenvalue weighted by atomic mass is 10.2. The van der Waals surface area contributed by atoms with Crippen LogP contribution in [0.2, 0.25) is 0 Å². The Labute approximate surface area is 72.5 Å². The molecule has 2 aliphatic rings. The molecule has 0 spiro atoms. The highest BCUT2D eigenvalue weighted by Gasteiger charge is 2.39. The van der Waals surface area contributed by atoms with E-state index in [-0.39, 0.29) is 5.50 Å². The second-order valence-corrected chi connectivity index (χ2v) is 4.08. The number of hydrogen-bond donors (Lipinski definition) is 0. The molecular weight excluding hydrogens is 162 g/mol. The van der Waals surface area contributed by atoms with E-state index in [9.17, 15) is 0 Å². The van der Waals surface area contributed by atoms with Crippen molar-refractivity contribution in [2.24, 2.45) is 0 Å². The molecule has 0 saturated carbocycles. The molecule has 3 atom stereocenters. The van der Waals surface area contributed by atoms with Gasteiger partial charge >= 0.3 is 0 Å². The van der Waals surface area contributed by atoms with Crippen LogP contribution in [0.15, 0.2) is 0 Å². The topological polar surface area (TPSA) is 12.5 Å². The van der Waals surface area contributed by atoms with Crippen LogP contribution in [0.1, 0.15) is 19.8 Å². The first kappa shape index (κ1) is 7.84. The van der Waals surface area contributed by atoms with Gasteiger partial charge < -0.3 is 4.74 Å². The number of alkyl halides is 1. The van der Waals surface area contributed by atoms with Gasteiger partial charge in [-0.25, -0.2) is 0 Å². The van der Waals surface area contributed by atoms with Gasteiger partial charge in [-0.05, 0) is 19.8 Å². The SMILES string of the molecule is CC(Cl)N1C2CCC1COC2. The number of nitrogens with zero attached hydrogens (tertiary/aromatic N) is 1. The summed E-state index contributed by atoms with van der Waals surface area (Å²) in [5, 5.41) is 0. The van der Waals surface area contributed by atoms with Gasteiger partial charge in [0, 0.05) is 12.1 Å². The summed E-state index contributed by atoms with van der Waals surface area (Å²) in [5.41, 5.74) is 0.177. The summed E-state index contributed by atoms with van der Waals surface area (Å²) in [5.74, 6) is 0. The Morgan fingerprint density at radius 1 is 1.36 bits per heavy atom. The Kier molecular flexibility index (Phi) is 2.08. The molecule has 2 fully saturated rings. The van der Waals surface area contributed by atoms with Crippen molar-refractivity contribution in [3.05, 3.63) is 0 Å². The minimum atomic E-state index is 0.177. The van der Waals surface area contributed by atoms with Gasteiger partial charge in [0.1, 0.15) is 0 Å². The normalized spacial score (nSPS) is 40.9. The van der Waals surface area contributed by atoms with Crippen molar-refractivity contribution in [1.82, 2.24) is 4.90 Å². The quantitative estimate of drug-likeness (QED) is 0.442. The zero-order valence-corrected chi connectivity index (χ0v) is 7.55. The van der Waals surface area contributed by atoms with Crippen LogP contribution in [0.25, 0.3) is 0 Å². The molecule has 0 radical (unpaired) electrons. The minimum Gasteiger partial charge on any atom is -0.378 e. The van der Waals surface area contributed by atoms with E-state index in [1.165, 1.54) is 12.8 Å². The van der Waals surface area contributed by atoms with Gasteiger partial charge in [-0.15, -0.1) is 11.6 Å². The van der Waals surface area contributed by atoms with Crippen molar-refractivity contribution in [3.8, 4) is 0 Å². The summed E-state index contributed by atoms with van der Waals surface area (Å²) >= 11 is 6.06. The predicted octanol–water partition coefficient (Wildman–Crippen LogP) is 1.43. The third-order valence-corrected chi connectivity index (χ3v) is 2.93. The third-order valence-electron chi connectivity index (χ3n) is 2.71. The molecule has 2 heterocycles. The fraction of sp³-hybridized carbons (Fsp3) is 1.00. The highest BCUT2D eigenvalue weighted by atomic mass is 35.5. The predicted molar refractivity (Wildman–Crippen MR) is 44.8 cm³/mol. The highest BCUT2D eigenvalue weighted by Crippen LogP contribution is 2.31.